The Kier molecular flexibility index (Phi) is 5.93. The fraction of sp³-hybridized carbons (Fsp3) is 0.261. The number of anilines is 2. The molecule has 33 heavy (non-hydrogen) atoms. The summed E-state index contributed by atoms with van der Waals surface area (Å²) in [6.07, 6.45) is 3.91. The van der Waals surface area contributed by atoms with Gasteiger partial charge in [-0.25, -0.2) is 10.9 Å². The lowest BCUT2D eigenvalue weighted by molar-refractivity contribution is -0.131. The number of allylic oxidation sites excluding steroid dienone is 2. The number of aromatic nitrogens is 1. The van der Waals surface area contributed by atoms with Crippen molar-refractivity contribution in [2.75, 3.05) is 24.2 Å². The van der Waals surface area contributed by atoms with Gasteiger partial charge in [0.25, 0.3) is 0 Å². The molecule has 6 N–H and O–H groups in total. The Morgan fingerprint density at radius 3 is 2.61 bits per heavy atom. The number of hydrogen-bond acceptors (Lipinski definition) is 7. The van der Waals surface area contributed by atoms with Crippen molar-refractivity contribution >= 4 is 34.5 Å². The van der Waals surface area contributed by atoms with E-state index in [1.54, 1.807) is 13.0 Å². The number of hydrazine groups is 1. The van der Waals surface area contributed by atoms with E-state index in [-0.39, 0.29) is 30.7 Å². The first-order valence-electron chi connectivity index (χ1n) is 10.7. The van der Waals surface area contributed by atoms with Crippen LogP contribution in [0.1, 0.15) is 42.0 Å². The van der Waals surface area contributed by atoms with E-state index in [2.05, 4.69) is 10.6 Å². The van der Waals surface area contributed by atoms with Gasteiger partial charge in [0.2, 0.25) is 11.8 Å². The number of carbonyl (C=O) groups is 3. The van der Waals surface area contributed by atoms with Crippen LogP contribution >= 0.6 is 0 Å². The lowest BCUT2D eigenvalue weighted by atomic mass is 10.0. The number of amides is 2. The van der Waals surface area contributed by atoms with Gasteiger partial charge in [0.05, 0.1) is 35.7 Å². The maximum Gasteiger partial charge on any atom is 0.239 e. The largest absolute Gasteiger partial charge is 0.367 e. The van der Waals surface area contributed by atoms with Gasteiger partial charge in [-0.2, -0.15) is 0 Å². The highest BCUT2D eigenvalue weighted by Gasteiger charge is 2.35. The molecule has 0 unspecified atom stereocenters. The summed E-state index contributed by atoms with van der Waals surface area (Å²) < 4.78 is 1.45. The number of rotatable bonds is 5. The van der Waals surface area contributed by atoms with E-state index in [4.69, 9.17) is 11.7 Å². The molecule has 10 nitrogen and oxygen atoms in total. The highest BCUT2D eigenvalue weighted by atomic mass is 16.2. The normalized spacial score (nSPS) is 15.2. The van der Waals surface area contributed by atoms with Crippen molar-refractivity contribution in [1.29, 1.82) is 0 Å². The van der Waals surface area contributed by atoms with Gasteiger partial charge >= 0.3 is 0 Å². The molecule has 1 aromatic carbocycles. The molecule has 3 heterocycles. The third-order valence-electron chi connectivity index (χ3n) is 5.73. The van der Waals surface area contributed by atoms with Gasteiger partial charge in [-0.1, -0.05) is 31.2 Å². The van der Waals surface area contributed by atoms with Crippen molar-refractivity contribution in [2.45, 2.75) is 26.8 Å². The number of nitrogens with two attached hydrogens (primary N) is 2. The predicted octanol–water partition coefficient (Wildman–Crippen LogP) is 1.43. The summed E-state index contributed by atoms with van der Waals surface area (Å²) >= 11 is 0. The molecule has 2 aliphatic rings. The maximum atomic E-state index is 13.2. The van der Waals surface area contributed by atoms with E-state index in [0.717, 1.165) is 10.7 Å². The fourth-order valence-electron chi connectivity index (χ4n) is 4.07. The number of para-hydroxylation sites is 1. The van der Waals surface area contributed by atoms with Crippen LogP contribution in [0.15, 0.2) is 48.3 Å². The van der Waals surface area contributed by atoms with E-state index in [1.807, 2.05) is 36.4 Å². The van der Waals surface area contributed by atoms with Gasteiger partial charge in [-0.05, 0) is 18.2 Å². The number of carbonyl (C=O) groups excluding carboxylic acids is 3. The number of benzene rings is 1. The van der Waals surface area contributed by atoms with E-state index >= 15 is 0 Å². The number of fused-ring (bicyclic) bond motifs is 1. The molecule has 0 radical (unpaired) electrons. The smallest absolute Gasteiger partial charge is 0.239 e. The number of nitrogen functional groups attached to an aromatic ring is 1. The second-order valence-electron chi connectivity index (χ2n) is 7.89. The second-order valence-corrected chi connectivity index (χ2v) is 7.89. The van der Waals surface area contributed by atoms with E-state index < -0.39 is 0 Å². The molecule has 0 spiro atoms. The van der Waals surface area contributed by atoms with Gasteiger partial charge in [0, 0.05) is 31.1 Å². The first kappa shape index (κ1) is 22.2. The predicted molar refractivity (Wildman–Crippen MR) is 125 cm³/mol. The zero-order valence-electron chi connectivity index (χ0n) is 18.6. The average Bonchev–Trinajstić information content (AvgIpc) is 3.10. The van der Waals surface area contributed by atoms with Crippen molar-refractivity contribution < 1.29 is 14.4 Å². The molecule has 0 fully saturated rings. The van der Waals surface area contributed by atoms with E-state index in [1.165, 1.54) is 16.5 Å². The van der Waals surface area contributed by atoms with Crippen LogP contribution in [0, 0.1) is 0 Å². The molecule has 4 rings (SSSR count). The third-order valence-corrected chi connectivity index (χ3v) is 5.73. The number of nitrogens with one attached hydrogen (secondary N) is 2. The van der Waals surface area contributed by atoms with Crippen LogP contribution in [0.2, 0.25) is 0 Å². The topological polar surface area (TPSA) is 139 Å². The Hall–Kier alpha value is -4.05. The van der Waals surface area contributed by atoms with Crippen LogP contribution < -0.4 is 22.3 Å². The SMILES string of the molecule is CCC(=O)N1CC(=O)c2c(Nc3ccccc3)c(C3=CCNC(N(N)C(C)=O)=C3)n(N)c2C1. The van der Waals surface area contributed by atoms with Crippen LogP contribution in [0.4, 0.5) is 11.4 Å². The van der Waals surface area contributed by atoms with Crippen LogP contribution in [-0.4, -0.2) is 45.3 Å². The number of hydrogen-bond donors (Lipinski definition) is 4. The Morgan fingerprint density at radius 1 is 1.21 bits per heavy atom. The highest BCUT2D eigenvalue weighted by Crippen LogP contribution is 2.38. The summed E-state index contributed by atoms with van der Waals surface area (Å²) in [5, 5.41) is 7.43. The van der Waals surface area contributed by atoms with Gasteiger partial charge < -0.3 is 21.4 Å². The summed E-state index contributed by atoms with van der Waals surface area (Å²) in [6.45, 7) is 3.77. The summed E-state index contributed by atoms with van der Waals surface area (Å²) in [7, 11) is 0. The van der Waals surface area contributed by atoms with Crippen LogP contribution in [0.5, 0.6) is 0 Å². The molecule has 0 atom stereocenters. The molecule has 0 saturated heterocycles. The van der Waals surface area contributed by atoms with Gasteiger partial charge in [-0.15, -0.1) is 0 Å². The molecule has 2 aromatic rings. The third kappa shape index (κ3) is 4.08. The van der Waals surface area contributed by atoms with Gasteiger partial charge in [0.1, 0.15) is 5.82 Å². The van der Waals surface area contributed by atoms with Crippen molar-refractivity contribution in [3.05, 3.63) is 65.3 Å². The lowest BCUT2D eigenvalue weighted by Gasteiger charge is -2.26. The van der Waals surface area contributed by atoms with Crippen LogP contribution in [0.3, 0.4) is 0 Å². The Morgan fingerprint density at radius 2 is 1.94 bits per heavy atom. The van der Waals surface area contributed by atoms with Gasteiger partial charge in [-0.3, -0.25) is 19.1 Å². The zero-order valence-corrected chi connectivity index (χ0v) is 18.6. The quantitative estimate of drug-likeness (QED) is 0.308. The van der Waals surface area contributed by atoms with E-state index in [0.29, 0.717) is 47.0 Å². The molecular formula is C23H27N7O3. The molecule has 10 heteroatoms. The van der Waals surface area contributed by atoms with Crippen molar-refractivity contribution in [3.8, 4) is 0 Å². The minimum atomic E-state index is -0.330. The van der Waals surface area contributed by atoms with E-state index in [9.17, 15) is 14.4 Å². The summed E-state index contributed by atoms with van der Waals surface area (Å²) in [6, 6.07) is 9.45. The molecule has 0 bridgehead atoms. The fourth-order valence-corrected chi connectivity index (χ4v) is 4.07. The monoisotopic (exact) mass is 449 g/mol. The number of nitrogens with zero attached hydrogens (tertiary/aromatic N) is 3. The molecule has 2 amide bonds. The first-order valence-corrected chi connectivity index (χ1v) is 10.7. The maximum absolute atomic E-state index is 13.2. The summed E-state index contributed by atoms with van der Waals surface area (Å²) in [4.78, 5) is 38.8. The second kappa shape index (κ2) is 8.83. The molecule has 1 aromatic heterocycles. The van der Waals surface area contributed by atoms with Crippen molar-refractivity contribution in [3.63, 3.8) is 0 Å². The van der Waals surface area contributed by atoms with Gasteiger partial charge in [0.15, 0.2) is 5.78 Å². The number of dihydropyridines is 1. The molecule has 2 aliphatic heterocycles. The first-order chi connectivity index (χ1) is 15.8. The Labute approximate surface area is 191 Å². The molecule has 0 saturated carbocycles. The number of ketones is 1. The average molecular weight is 450 g/mol. The van der Waals surface area contributed by atoms with Crippen LogP contribution in [-0.2, 0) is 16.1 Å². The molecule has 0 aliphatic carbocycles. The molecular weight excluding hydrogens is 422 g/mol. The lowest BCUT2D eigenvalue weighted by Crippen LogP contribution is -2.41. The minimum absolute atomic E-state index is 0.00476. The van der Waals surface area contributed by atoms with Crippen LogP contribution in [0.25, 0.3) is 5.57 Å². The zero-order chi connectivity index (χ0) is 23.7. The Bertz CT molecular complexity index is 1180. The number of Topliss-reactive ketones (excluding diaryl/α,β-unsaturated/α-hetero) is 1. The summed E-state index contributed by atoms with van der Waals surface area (Å²) in [5.74, 6) is 12.2. The van der Waals surface area contributed by atoms with Crippen molar-refractivity contribution in [2.24, 2.45) is 5.84 Å². The molecule has 172 valence electrons. The summed E-state index contributed by atoms with van der Waals surface area (Å²) in [5.41, 5.74) is 3.61. The Balaban J connectivity index is 1.86. The standard InChI is InChI=1S/C23H27N7O3/c1-3-20(33)28-12-17-21(18(32)13-28)22(27-16-7-5-4-6-8-16)23(30(17)25)15-9-10-26-19(11-15)29(24)14(2)31/h4-9,11,26-27H,3,10,12-13,24-25H2,1-2H3. The van der Waals surface area contributed by atoms with Crippen molar-refractivity contribution in [1.82, 2.24) is 19.9 Å². The minimum Gasteiger partial charge on any atom is -0.367 e. The highest BCUT2D eigenvalue weighted by molar-refractivity contribution is 6.09.